The van der Waals surface area contributed by atoms with E-state index in [2.05, 4.69) is 0 Å². The lowest BCUT2D eigenvalue weighted by Gasteiger charge is -2.22. The maximum atomic E-state index is 10.5. The molecule has 0 saturated carbocycles. The van der Waals surface area contributed by atoms with Crippen molar-refractivity contribution in [3.63, 3.8) is 0 Å². The third-order valence-electron chi connectivity index (χ3n) is 2.12. The number of nitrogens with zero attached hydrogens (tertiary/aromatic N) is 1. The standard InChI is InChI=1S/C11H15NO3/c1-2-6-12(7-8-13)9-4-3-5-10(14)11(9)15/h3-5,8,14-15H,2,6-7H2,1H3. The summed E-state index contributed by atoms with van der Waals surface area (Å²) < 4.78 is 0. The Labute approximate surface area is 88.8 Å². The van der Waals surface area contributed by atoms with Gasteiger partial charge in [-0.05, 0) is 18.6 Å². The molecule has 0 fully saturated rings. The Morgan fingerprint density at radius 2 is 2.13 bits per heavy atom. The predicted octanol–water partition coefficient (Wildman–Crippen LogP) is 1.51. The number of aldehydes is 1. The Hall–Kier alpha value is -1.71. The largest absolute Gasteiger partial charge is 0.504 e. The summed E-state index contributed by atoms with van der Waals surface area (Å²) in [5.74, 6) is -0.340. The number of phenols is 2. The van der Waals surface area contributed by atoms with Gasteiger partial charge in [-0.1, -0.05) is 13.0 Å². The van der Waals surface area contributed by atoms with Gasteiger partial charge < -0.3 is 19.9 Å². The molecule has 0 aliphatic heterocycles. The van der Waals surface area contributed by atoms with Gasteiger partial charge in [0, 0.05) is 6.54 Å². The van der Waals surface area contributed by atoms with Crippen LogP contribution in [-0.2, 0) is 4.79 Å². The fourth-order valence-corrected chi connectivity index (χ4v) is 1.44. The fourth-order valence-electron chi connectivity index (χ4n) is 1.44. The minimum atomic E-state index is -0.173. The summed E-state index contributed by atoms with van der Waals surface area (Å²) in [4.78, 5) is 12.2. The van der Waals surface area contributed by atoms with Crippen LogP contribution in [0.2, 0.25) is 0 Å². The monoisotopic (exact) mass is 209 g/mol. The molecule has 0 spiro atoms. The molecule has 0 amide bonds. The molecule has 0 aromatic heterocycles. The molecule has 4 nitrogen and oxygen atoms in total. The van der Waals surface area contributed by atoms with Crippen LogP contribution in [0.5, 0.6) is 11.5 Å². The maximum absolute atomic E-state index is 10.5. The number of anilines is 1. The predicted molar refractivity (Wildman–Crippen MR) is 58.3 cm³/mol. The number of aromatic hydroxyl groups is 2. The molecule has 0 aliphatic carbocycles. The molecule has 0 saturated heterocycles. The second-order valence-electron chi connectivity index (χ2n) is 3.26. The number of phenolic OH excluding ortho intramolecular Hbond substituents is 2. The summed E-state index contributed by atoms with van der Waals surface area (Å²) in [5.41, 5.74) is 0.490. The van der Waals surface area contributed by atoms with Crippen LogP contribution in [-0.4, -0.2) is 29.6 Å². The zero-order valence-electron chi connectivity index (χ0n) is 8.68. The van der Waals surface area contributed by atoms with E-state index in [1.54, 1.807) is 17.0 Å². The molecule has 1 aromatic carbocycles. The van der Waals surface area contributed by atoms with Crippen molar-refractivity contribution in [3.05, 3.63) is 18.2 Å². The number of rotatable bonds is 5. The molecule has 0 aliphatic rings. The Morgan fingerprint density at radius 3 is 2.73 bits per heavy atom. The minimum absolute atomic E-state index is 0.167. The van der Waals surface area contributed by atoms with Gasteiger partial charge in [-0.25, -0.2) is 0 Å². The summed E-state index contributed by atoms with van der Waals surface area (Å²) >= 11 is 0. The van der Waals surface area contributed by atoms with Crippen molar-refractivity contribution in [3.8, 4) is 11.5 Å². The molecule has 1 aromatic rings. The number of carbonyl (C=O) groups excluding carboxylic acids is 1. The Balaban J connectivity index is 2.99. The molecule has 0 radical (unpaired) electrons. The van der Waals surface area contributed by atoms with E-state index >= 15 is 0 Å². The molecule has 4 heteroatoms. The minimum Gasteiger partial charge on any atom is -0.504 e. The first kappa shape index (κ1) is 11.4. The van der Waals surface area contributed by atoms with Crippen LogP contribution in [0.25, 0.3) is 0 Å². The number of carbonyl (C=O) groups is 1. The molecule has 15 heavy (non-hydrogen) atoms. The molecule has 0 unspecified atom stereocenters. The van der Waals surface area contributed by atoms with Crippen LogP contribution >= 0.6 is 0 Å². The van der Waals surface area contributed by atoms with Gasteiger partial charge in [0.1, 0.15) is 6.29 Å². The van der Waals surface area contributed by atoms with E-state index in [0.29, 0.717) is 12.2 Å². The van der Waals surface area contributed by atoms with E-state index in [4.69, 9.17) is 0 Å². The first-order valence-electron chi connectivity index (χ1n) is 4.90. The van der Waals surface area contributed by atoms with E-state index in [9.17, 15) is 15.0 Å². The smallest absolute Gasteiger partial charge is 0.181 e. The lowest BCUT2D eigenvalue weighted by atomic mass is 10.2. The molecule has 0 atom stereocenters. The Morgan fingerprint density at radius 1 is 1.40 bits per heavy atom. The average Bonchev–Trinajstić information content (AvgIpc) is 2.22. The van der Waals surface area contributed by atoms with Gasteiger partial charge in [0.05, 0.1) is 12.2 Å². The van der Waals surface area contributed by atoms with Crippen molar-refractivity contribution in [2.75, 3.05) is 18.0 Å². The summed E-state index contributed by atoms with van der Waals surface area (Å²) in [6, 6.07) is 4.72. The van der Waals surface area contributed by atoms with Crippen LogP contribution in [0.15, 0.2) is 18.2 Å². The van der Waals surface area contributed by atoms with Gasteiger partial charge in [0.25, 0.3) is 0 Å². The zero-order chi connectivity index (χ0) is 11.3. The number of benzene rings is 1. The highest BCUT2D eigenvalue weighted by Gasteiger charge is 2.12. The van der Waals surface area contributed by atoms with Crippen LogP contribution in [0, 0.1) is 0 Å². The van der Waals surface area contributed by atoms with Crippen molar-refractivity contribution < 1.29 is 15.0 Å². The van der Waals surface area contributed by atoms with E-state index < -0.39 is 0 Å². The van der Waals surface area contributed by atoms with Gasteiger partial charge in [-0.15, -0.1) is 0 Å². The van der Waals surface area contributed by atoms with Crippen molar-refractivity contribution in [2.45, 2.75) is 13.3 Å². The quantitative estimate of drug-likeness (QED) is 0.570. The summed E-state index contributed by atoms with van der Waals surface area (Å²) in [6.45, 7) is 2.86. The van der Waals surface area contributed by atoms with Gasteiger partial charge in [0.15, 0.2) is 11.5 Å². The third kappa shape index (κ3) is 2.62. The van der Waals surface area contributed by atoms with Crippen LogP contribution in [0.3, 0.4) is 0 Å². The molecule has 1 rings (SSSR count). The second kappa shape index (κ2) is 5.24. The van der Waals surface area contributed by atoms with Gasteiger partial charge in [-0.3, -0.25) is 0 Å². The van der Waals surface area contributed by atoms with Gasteiger partial charge in [-0.2, -0.15) is 0 Å². The molecule has 0 heterocycles. The van der Waals surface area contributed by atoms with Gasteiger partial charge in [0.2, 0.25) is 0 Å². The zero-order valence-corrected chi connectivity index (χ0v) is 8.68. The number of hydrogen-bond acceptors (Lipinski definition) is 4. The second-order valence-corrected chi connectivity index (χ2v) is 3.26. The maximum Gasteiger partial charge on any atom is 0.181 e. The lowest BCUT2D eigenvalue weighted by Crippen LogP contribution is -2.26. The summed E-state index contributed by atoms with van der Waals surface area (Å²) in [6.07, 6.45) is 1.64. The molecular formula is C11H15NO3. The van der Waals surface area contributed by atoms with Crippen molar-refractivity contribution in [1.29, 1.82) is 0 Å². The number of hydrogen-bond donors (Lipinski definition) is 2. The summed E-state index contributed by atoms with van der Waals surface area (Å²) in [7, 11) is 0. The van der Waals surface area contributed by atoms with E-state index in [-0.39, 0.29) is 18.0 Å². The number of para-hydroxylation sites is 1. The van der Waals surface area contributed by atoms with Crippen molar-refractivity contribution in [2.24, 2.45) is 0 Å². The first-order chi connectivity index (χ1) is 7.20. The highest BCUT2D eigenvalue weighted by molar-refractivity contribution is 5.68. The Bertz CT molecular complexity index is 339. The summed E-state index contributed by atoms with van der Waals surface area (Å²) in [5, 5.41) is 18.9. The normalized spacial score (nSPS) is 9.93. The molecule has 0 bridgehead atoms. The first-order valence-corrected chi connectivity index (χ1v) is 4.90. The van der Waals surface area contributed by atoms with Crippen LogP contribution in [0.1, 0.15) is 13.3 Å². The SMILES string of the molecule is CCCN(CC=O)c1cccc(O)c1O. The van der Waals surface area contributed by atoms with Crippen LogP contribution < -0.4 is 4.90 Å². The molecule has 2 N–H and O–H groups in total. The van der Waals surface area contributed by atoms with E-state index in [1.165, 1.54) is 6.07 Å². The topological polar surface area (TPSA) is 60.8 Å². The van der Waals surface area contributed by atoms with Crippen LogP contribution in [0.4, 0.5) is 5.69 Å². The van der Waals surface area contributed by atoms with E-state index in [1.807, 2.05) is 6.92 Å². The van der Waals surface area contributed by atoms with Gasteiger partial charge >= 0.3 is 0 Å². The van der Waals surface area contributed by atoms with E-state index in [0.717, 1.165) is 12.7 Å². The van der Waals surface area contributed by atoms with Crippen molar-refractivity contribution >= 4 is 12.0 Å². The lowest BCUT2D eigenvalue weighted by molar-refractivity contribution is -0.106. The molecule has 82 valence electrons. The molecular weight excluding hydrogens is 194 g/mol. The Kier molecular flexibility index (Phi) is 3.97. The third-order valence-corrected chi connectivity index (χ3v) is 2.12. The average molecular weight is 209 g/mol. The highest BCUT2D eigenvalue weighted by atomic mass is 16.3. The fraction of sp³-hybridized carbons (Fsp3) is 0.364. The highest BCUT2D eigenvalue weighted by Crippen LogP contribution is 2.35. The van der Waals surface area contributed by atoms with Crippen molar-refractivity contribution in [1.82, 2.24) is 0 Å².